The van der Waals surface area contributed by atoms with Gasteiger partial charge >= 0.3 is 0 Å². The van der Waals surface area contributed by atoms with E-state index in [1.54, 1.807) is 22.2 Å². The molecule has 2 atom stereocenters. The highest BCUT2D eigenvalue weighted by Gasteiger charge is 2.21. The fourth-order valence-corrected chi connectivity index (χ4v) is 3.63. The highest BCUT2D eigenvalue weighted by Crippen LogP contribution is 2.17. The first-order valence-corrected chi connectivity index (χ1v) is 8.69. The Hall–Kier alpha value is -1.21. The Labute approximate surface area is 135 Å². The van der Waals surface area contributed by atoms with Crippen molar-refractivity contribution >= 4 is 11.3 Å². The zero-order chi connectivity index (χ0) is 15.2. The fraction of sp³-hybridized carbons (Fsp3) is 0.562. The van der Waals surface area contributed by atoms with E-state index >= 15 is 0 Å². The molecular formula is C16H23N3O2S. The molecular weight excluding hydrogens is 298 g/mol. The Morgan fingerprint density at radius 2 is 2.45 bits per heavy atom. The lowest BCUT2D eigenvalue weighted by atomic mass is 10.2. The maximum absolute atomic E-state index is 10.4. The summed E-state index contributed by atoms with van der Waals surface area (Å²) in [7, 11) is 0. The number of thiophene rings is 1. The van der Waals surface area contributed by atoms with E-state index in [0.717, 1.165) is 32.5 Å². The molecule has 2 aromatic rings. The summed E-state index contributed by atoms with van der Waals surface area (Å²) < 4.78 is 7.53. The minimum atomic E-state index is -0.429. The number of ether oxygens (including phenoxy) is 1. The van der Waals surface area contributed by atoms with E-state index < -0.39 is 6.10 Å². The van der Waals surface area contributed by atoms with Crippen LogP contribution in [0.3, 0.4) is 0 Å². The number of aromatic nitrogens is 2. The third-order valence-electron chi connectivity index (χ3n) is 3.87. The van der Waals surface area contributed by atoms with Crippen LogP contribution in [0.2, 0.25) is 0 Å². The molecule has 0 radical (unpaired) electrons. The Balaban J connectivity index is 1.56. The standard InChI is InChI=1S/C16H23N3O2S/c20-14(11-19-7-3-6-17-19)10-18(12-15-4-1-8-21-15)13-16-5-2-9-22-16/h2-3,5-7,9,14-15,20H,1,4,8,10-13H2/t14-,15+/m0/s1. The predicted octanol–water partition coefficient (Wildman–Crippen LogP) is 1.99. The summed E-state index contributed by atoms with van der Waals surface area (Å²) in [4.78, 5) is 3.62. The Morgan fingerprint density at radius 1 is 1.50 bits per heavy atom. The van der Waals surface area contributed by atoms with Crippen molar-refractivity contribution in [2.24, 2.45) is 0 Å². The summed E-state index contributed by atoms with van der Waals surface area (Å²) in [5.74, 6) is 0. The smallest absolute Gasteiger partial charge is 0.0862 e. The van der Waals surface area contributed by atoms with Gasteiger partial charge < -0.3 is 9.84 Å². The summed E-state index contributed by atoms with van der Waals surface area (Å²) in [6.45, 7) is 3.78. The Bertz CT molecular complexity index is 524. The lowest BCUT2D eigenvalue weighted by molar-refractivity contribution is 0.0414. The molecule has 1 fully saturated rings. The van der Waals surface area contributed by atoms with Crippen LogP contribution in [0, 0.1) is 0 Å². The van der Waals surface area contributed by atoms with Crippen LogP contribution >= 0.6 is 11.3 Å². The molecule has 5 nitrogen and oxygen atoms in total. The summed E-state index contributed by atoms with van der Waals surface area (Å²) in [5, 5.41) is 16.6. The van der Waals surface area contributed by atoms with Crippen molar-refractivity contribution in [2.45, 2.75) is 38.1 Å². The minimum Gasteiger partial charge on any atom is -0.390 e. The van der Waals surface area contributed by atoms with Gasteiger partial charge in [-0.25, -0.2) is 0 Å². The van der Waals surface area contributed by atoms with Crippen molar-refractivity contribution < 1.29 is 9.84 Å². The summed E-state index contributed by atoms with van der Waals surface area (Å²) >= 11 is 1.76. The van der Waals surface area contributed by atoms with Gasteiger partial charge in [-0.05, 0) is 30.4 Å². The van der Waals surface area contributed by atoms with E-state index in [9.17, 15) is 5.11 Å². The fourth-order valence-electron chi connectivity index (χ4n) is 2.88. The number of nitrogens with zero attached hydrogens (tertiary/aromatic N) is 3. The lowest BCUT2D eigenvalue weighted by Gasteiger charge is -2.27. The topological polar surface area (TPSA) is 50.5 Å². The van der Waals surface area contributed by atoms with Crippen LogP contribution in [0.15, 0.2) is 36.0 Å². The normalized spacial score (nSPS) is 19.8. The maximum atomic E-state index is 10.4. The first-order chi connectivity index (χ1) is 10.8. The van der Waals surface area contributed by atoms with Crippen LogP contribution < -0.4 is 0 Å². The van der Waals surface area contributed by atoms with Crippen LogP contribution in [0.1, 0.15) is 17.7 Å². The molecule has 1 saturated heterocycles. The molecule has 0 aliphatic carbocycles. The number of rotatable bonds is 8. The van der Waals surface area contributed by atoms with Crippen molar-refractivity contribution in [3.05, 3.63) is 40.8 Å². The van der Waals surface area contributed by atoms with E-state index in [1.807, 2.05) is 12.3 Å². The van der Waals surface area contributed by atoms with Gasteiger partial charge in [-0.2, -0.15) is 5.10 Å². The second kappa shape index (κ2) is 7.87. The SMILES string of the molecule is O[C@@H](CN(Cc1cccs1)C[C@H]1CCCO1)Cn1cccn1. The van der Waals surface area contributed by atoms with Gasteiger partial charge in [0, 0.05) is 43.5 Å². The summed E-state index contributed by atoms with van der Waals surface area (Å²) in [6, 6.07) is 6.10. The largest absolute Gasteiger partial charge is 0.390 e. The van der Waals surface area contributed by atoms with Crippen molar-refractivity contribution in [2.75, 3.05) is 19.7 Å². The molecule has 2 aromatic heterocycles. The third-order valence-corrected chi connectivity index (χ3v) is 4.73. The monoisotopic (exact) mass is 321 g/mol. The van der Waals surface area contributed by atoms with E-state index in [2.05, 4.69) is 27.5 Å². The van der Waals surface area contributed by atoms with Crippen LogP contribution in [0.25, 0.3) is 0 Å². The van der Waals surface area contributed by atoms with Crippen LogP contribution in [-0.4, -0.2) is 51.7 Å². The van der Waals surface area contributed by atoms with Crippen LogP contribution in [0.5, 0.6) is 0 Å². The van der Waals surface area contributed by atoms with Gasteiger partial charge in [0.05, 0.1) is 18.8 Å². The lowest BCUT2D eigenvalue weighted by Crippen LogP contribution is -2.38. The molecule has 1 aliphatic rings. The van der Waals surface area contributed by atoms with E-state index in [0.29, 0.717) is 19.2 Å². The van der Waals surface area contributed by atoms with Gasteiger partial charge in [-0.15, -0.1) is 11.3 Å². The van der Waals surface area contributed by atoms with Crippen LogP contribution in [-0.2, 0) is 17.8 Å². The Morgan fingerprint density at radius 3 is 3.14 bits per heavy atom. The van der Waals surface area contributed by atoms with E-state index in [-0.39, 0.29) is 0 Å². The van der Waals surface area contributed by atoms with Gasteiger partial charge in [0.2, 0.25) is 0 Å². The molecule has 120 valence electrons. The van der Waals surface area contributed by atoms with Gasteiger partial charge in [0.15, 0.2) is 0 Å². The summed E-state index contributed by atoms with van der Waals surface area (Å²) in [5.41, 5.74) is 0. The molecule has 0 aromatic carbocycles. The van der Waals surface area contributed by atoms with Gasteiger partial charge in [-0.3, -0.25) is 9.58 Å². The summed E-state index contributed by atoms with van der Waals surface area (Å²) in [6.07, 6.45) is 5.76. The predicted molar refractivity (Wildman–Crippen MR) is 86.8 cm³/mol. The van der Waals surface area contributed by atoms with Gasteiger partial charge in [0.25, 0.3) is 0 Å². The minimum absolute atomic E-state index is 0.303. The molecule has 0 saturated carbocycles. The second-order valence-corrected chi connectivity index (χ2v) is 6.82. The zero-order valence-electron chi connectivity index (χ0n) is 12.7. The second-order valence-electron chi connectivity index (χ2n) is 5.79. The van der Waals surface area contributed by atoms with Crippen molar-refractivity contribution in [3.8, 4) is 0 Å². The molecule has 3 rings (SSSR count). The van der Waals surface area contributed by atoms with Crippen molar-refractivity contribution in [3.63, 3.8) is 0 Å². The van der Waals surface area contributed by atoms with Crippen molar-refractivity contribution in [1.82, 2.24) is 14.7 Å². The van der Waals surface area contributed by atoms with E-state index in [4.69, 9.17) is 4.74 Å². The Kier molecular flexibility index (Phi) is 5.61. The number of hydrogen-bond acceptors (Lipinski definition) is 5. The molecule has 6 heteroatoms. The highest BCUT2D eigenvalue weighted by molar-refractivity contribution is 7.09. The van der Waals surface area contributed by atoms with Crippen LogP contribution in [0.4, 0.5) is 0 Å². The molecule has 0 amide bonds. The highest BCUT2D eigenvalue weighted by atomic mass is 32.1. The molecule has 22 heavy (non-hydrogen) atoms. The average Bonchev–Trinajstić information content (AvgIpc) is 3.20. The average molecular weight is 321 g/mol. The molecule has 0 unspecified atom stereocenters. The molecule has 1 N–H and O–H groups in total. The molecule has 1 aliphatic heterocycles. The molecule has 0 spiro atoms. The quantitative estimate of drug-likeness (QED) is 0.808. The number of aliphatic hydroxyl groups is 1. The first kappa shape index (κ1) is 15.7. The zero-order valence-corrected chi connectivity index (χ0v) is 13.5. The van der Waals surface area contributed by atoms with Gasteiger partial charge in [0.1, 0.15) is 0 Å². The molecule has 0 bridgehead atoms. The first-order valence-electron chi connectivity index (χ1n) is 7.81. The van der Waals surface area contributed by atoms with Crippen molar-refractivity contribution in [1.29, 1.82) is 0 Å². The third kappa shape index (κ3) is 4.64. The van der Waals surface area contributed by atoms with E-state index in [1.165, 1.54) is 4.88 Å². The molecule has 3 heterocycles. The maximum Gasteiger partial charge on any atom is 0.0862 e. The number of hydrogen-bond donors (Lipinski definition) is 1. The number of aliphatic hydroxyl groups excluding tert-OH is 1. The van der Waals surface area contributed by atoms with Gasteiger partial charge in [-0.1, -0.05) is 6.07 Å².